The molecular formula is C22H24F2N6. The van der Waals surface area contributed by atoms with E-state index in [1.807, 2.05) is 40.9 Å². The van der Waals surface area contributed by atoms with Gasteiger partial charge in [0, 0.05) is 54.9 Å². The van der Waals surface area contributed by atoms with E-state index in [-0.39, 0.29) is 12.8 Å². The Balaban J connectivity index is 1.53. The van der Waals surface area contributed by atoms with Gasteiger partial charge in [-0.3, -0.25) is 5.10 Å². The first kappa shape index (κ1) is 19.0. The minimum atomic E-state index is -2.59. The molecule has 1 aliphatic heterocycles. The zero-order valence-electron chi connectivity index (χ0n) is 16.9. The van der Waals surface area contributed by atoms with Gasteiger partial charge in [0.05, 0.1) is 11.4 Å². The minimum absolute atomic E-state index is 0.149. The van der Waals surface area contributed by atoms with E-state index >= 15 is 0 Å². The molecule has 6 nitrogen and oxygen atoms in total. The van der Waals surface area contributed by atoms with Gasteiger partial charge >= 0.3 is 0 Å². The van der Waals surface area contributed by atoms with E-state index in [1.54, 1.807) is 0 Å². The monoisotopic (exact) mass is 410 g/mol. The van der Waals surface area contributed by atoms with Crippen LogP contribution in [0.15, 0.2) is 37.0 Å². The van der Waals surface area contributed by atoms with Crippen LogP contribution in [0.5, 0.6) is 0 Å². The first-order chi connectivity index (χ1) is 14.4. The van der Waals surface area contributed by atoms with Crippen LogP contribution < -0.4 is 0 Å². The van der Waals surface area contributed by atoms with Crippen molar-refractivity contribution in [3.8, 4) is 17.1 Å². The van der Waals surface area contributed by atoms with Crippen LogP contribution in [0.25, 0.3) is 22.8 Å². The van der Waals surface area contributed by atoms with E-state index in [1.165, 1.54) is 12.8 Å². The van der Waals surface area contributed by atoms with Gasteiger partial charge in [-0.2, -0.15) is 10.2 Å². The van der Waals surface area contributed by atoms with Crippen LogP contribution in [0, 0.1) is 6.92 Å². The molecule has 8 heteroatoms. The molecule has 5 rings (SSSR count). The fourth-order valence-electron chi connectivity index (χ4n) is 3.92. The normalized spacial score (nSPS) is 18.6. The SMILES string of the molecule is C=C(c1ccc(-c2n[nH]c(C)n2)cc1-n1ccc(C2CC2)n1)N1CCC(F)(F)CC1. The van der Waals surface area contributed by atoms with Crippen LogP contribution in [0.1, 0.15) is 48.7 Å². The molecule has 1 saturated carbocycles. The summed E-state index contributed by atoms with van der Waals surface area (Å²) in [5.74, 6) is -0.697. The maximum atomic E-state index is 13.6. The van der Waals surface area contributed by atoms with Gasteiger partial charge in [0.15, 0.2) is 5.82 Å². The van der Waals surface area contributed by atoms with E-state index in [0.29, 0.717) is 24.8 Å². The van der Waals surface area contributed by atoms with Gasteiger partial charge in [-0.05, 0) is 31.9 Å². The minimum Gasteiger partial charge on any atom is -0.371 e. The third-order valence-corrected chi connectivity index (χ3v) is 5.89. The molecule has 1 aromatic carbocycles. The average molecular weight is 410 g/mol. The average Bonchev–Trinajstić information content (AvgIpc) is 3.29. The number of likely N-dealkylation sites (tertiary alicyclic amines) is 1. The molecule has 0 amide bonds. The summed E-state index contributed by atoms with van der Waals surface area (Å²) in [6.07, 6.45) is 4.01. The molecule has 0 atom stereocenters. The Kier molecular flexibility index (Phi) is 4.45. The fourth-order valence-corrected chi connectivity index (χ4v) is 3.92. The highest BCUT2D eigenvalue weighted by Crippen LogP contribution is 2.39. The van der Waals surface area contributed by atoms with Crippen molar-refractivity contribution in [2.45, 2.75) is 44.4 Å². The Morgan fingerprint density at radius 1 is 1.20 bits per heavy atom. The summed E-state index contributed by atoms with van der Waals surface area (Å²) in [4.78, 5) is 6.37. The van der Waals surface area contributed by atoms with Crippen LogP contribution in [-0.4, -0.2) is 48.9 Å². The lowest BCUT2D eigenvalue weighted by Gasteiger charge is -2.35. The lowest BCUT2D eigenvalue weighted by atomic mass is 10.0. The maximum Gasteiger partial charge on any atom is 0.251 e. The Labute approximate surface area is 173 Å². The quantitative estimate of drug-likeness (QED) is 0.671. The molecule has 0 radical (unpaired) electrons. The molecule has 0 bridgehead atoms. The first-order valence-electron chi connectivity index (χ1n) is 10.3. The largest absolute Gasteiger partial charge is 0.371 e. The summed E-state index contributed by atoms with van der Waals surface area (Å²) in [7, 11) is 0. The zero-order valence-corrected chi connectivity index (χ0v) is 16.9. The highest BCUT2D eigenvalue weighted by molar-refractivity contribution is 5.74. The predicted molar refractivity (Wildman–Crippen MR) is 110 cm³/mol. The molecule has 1 saturated heterocycles. The van der Waals surface area contributed by atoms with Crippen molar-refractivity contribution in [3.05, 3.63) is 54.1 Å². The number of rotatable bonds is 5. The topological polar surface area (TPSA) is 62.6 Å². The number of alkyl halides is 2. The highest BCUT2D eigenvalue weighted by Gasteiger charge is 2.35. The zero-order chi connectivity index (χ0) is 20.9. The third kappa shape index (κ3) is 3.62. The van der Waals surface area contributed by atoms with E-state index in [2.05, 4.69) is 27.8 Å². The summed E-state index contributed by atoms with van der Waals surface area (Å²) in [5.41, 5.74) is 4.41. The fraction of sp³-hybridized carbons (Fsp3) is 0.409. The van der Waals surface area contributed by atoms with Gasteiger partial charge in [-0.1, -0.05) is 18.7 Å². The number of piperidine rings is 1. The number of H-pyrrole nitrogens is 1. The second-order valence-electron chi connectivity index (χ2n) is 8.23. The lowest BCUT2D eigenvalue weighted by molar-refractivity contribution is -0.0450. The molecule has 3 heterocycles. The molecular weight excluding hydrogens is 386 g/mol. The van der Waals surface area contributed by atoms with Crippen LogP contribution in [0.4, 0.5) is 8.78 Å². The number of hydrogen-bond donors (Lipinski definition) is 1. The summed E-state index contributed by atoms with van der Waals surface area (Å²) in [6, 6.07) is 7.95. The number of aromatic amines is 1. The molecule has 1 N–H and O–H groups in total. The van der Waals surface area contributed by atoms with Crippen molar-refractivity contribution < 1.29 is 8.78 Å². The number of benzene rings is 1. The number of nitrogens with zero attached hydrogens (tertiary/aromatic N) is 5. The Morgan fingerprint density at radius 3 is 2.63 bits per heavy atom. The Morgan fingerprint density at radius 2 is 1.97 bits per heavy atom. The number of aryl methyl sites for hydroxylation is 1. The van der Waals surface area contributed by atoms with Crippen molar-refractivity contribution in [2.24, 2.45) is 0 Å². The molecule has 0 spiro atoms. The lowest BCUT2D eigenvalue weighted by Crippen LogP contribution is -2.38. The van der Waals surface area contributed by atoms with E-state index in [9.17, 15) is 8.78 Å². The van der Waals surface area contributed by atoms with E-state index in [0.717, 1.165) is 34.0 Å². The molecule has 0 unspecified atom stereocenters. The van der Waals surface area contributed by atoms with Crippen LogP contribution >= 0.6 is 0 Å². The molecule has 2 aromatic heterocycles. The first-order valence-corrected chi connectivity index (χ1v) is 10.3. The Hall–Kier alpha value is -3.03. The molecule has 3 aromatic rings. The van der Waals surface area contributed by atoms with Gasteiger partial charge in [-0.25, -0.2) is 18.4 Å². The van der Waals surface area contributed by atoms with Crippen molar-refractivity contribution in [1.29, 1.82) is 0 Å². The number of aromatic nitrogens is 5. The molecule has 30 heavy (non-hydrogen) atoms. The Bertz CT molecular complexity index is 1080. The molecule has 156 valence electrons. The highest BCUT2D eigenvalue weighted by atomic mass is 19.3. The smallest absolute Gasteiger partial charge is 0.251 e. The molecule has 1 aliphatic carbocycles. The number of halogens is 2. The molecule has 2 fully saturated rings. The number of hydrogen-bond acceptors (Lipinski definition) is 4. The maximum absolute atomic E-state index is 13.6. The summed E-state index contributed by atoms with van der Waals surface area (Å²) in [6.45, 7) is 6.68. The number of nitrogens with one attached hydrogen (secondary N) is 1. The second-order valence-corrected chi connectivity index (χ2v) is 8.23. The molecule has 2 aliphatic rings. The summed E-state index contributed by atoms with van der Waals surface area (Å²) >= 11 is 0. The van der Waals surface area contributed by atoms with Gasteiger partial charge in [0.1, 0.15) is 5.82 Å². The van der Waals surface area contributed by atoms with Crippen LogP contribution in [-0.2, 0) is 0 Å². The van der Waals surface area contributed by atoms with Crippen LogP contribution in [0.3, 0.4) is 0 Å². The van der Waals surface area contributed by atoms with Gasteiger partial charge < -0.3 is 4.90 Å². The van der Waals surface area contributed by atoms with Crippen molar-refractivity contribution >= 4 is 5.70 Å². The van der Waals surface area contributed by atoms with Crippen molar-refractivity contribution in [3.63, 3.8) is 0 Å². The van der Waals surface area contributed by atoms with Crippen molar-refractivity contribution in [1.82, 2.24) is 29.9 Å². The predicted octanol–water partition coefficient (Wildman–Crippen LogP) is 4.55. The van der Waals surface area contributed by atoms with E-state index in [4.69, 9.17) is 5.10 Å². The van der Waals surface area contributed by atoms with Gasteiger partial charge in [-0.15, -0.1) is 0 Å². The van der Waals surface area contributed by atoms with E-state index < -0.39 is 5.92 Å². The van der Waals surface area contributed by atoms with Gasteiger partial charge in [0.2, 0.25) is 0 Å². The second kappa shape index (κ2) is 7.04. The van der Waals surface area contributed by atoms with Crippen molar-refractivity contribution in [2.75, 3.05) is 13.1 Å². The van der Waals surface area contributed by atoms with Gasteiger partial charge in [0.25, 0.3) is 5.92 Å². The third-order valence-electron chi connectivity index (χ3n) is 5.89. The standard InChI is InChI=1S/C22H24F2N6/c1-14(29-11-8-22(23,24)9-12-29)18-6-5-17(21-25-15(2)26-27-21)13-20(18)30-10-7-19(28-30)16-3-4-16/h5-7,10,13,16H,1,3-4,8-9,11-12H2,2H3,(H,25,26,27). The summed E-state index contributed by atoms with van der Waals surface area (Å²) in [5, 5.41) is 11.9. The summed E-state index contributed by atoms with van der Waals surface area (Å²) < 4.78 is 29.1. The van der Waals surface area contributed by atoms with Crippen LogP contribution in [0.2, 0.25) is 0 Å².